The highest BCUT2D eigenvalue weighted by molar-refractivity contribution is 5.98. The van der Waals surface area contributed by atoms with E-state index in [9.17, 15) is 14.4 Å². The molecule has 360 valence electrons. The van der Waals surface area contributed by atoms with Crippen LogP contribution in [0.25, 0.3) is 33.8 Å². The molecule has 0 bridgehead atoms. The normalized spacial score (nSPS) is 12.9. The van der Waals surface area contributed by atoms with Crippen LogP contribution in [0.1, 0.15) is 127 Å². The Kier molecular flexibility index (Phi) is 13.6. The van der Waals surface area contributed by atoms with Crippen LogP contribution in [0.5, 0.6) is 11.5 Å². The number of nitrogens with zero attached hydrogens (tertiary/aromatic N) is 6. The summed E-state index contributed by atoms with van der Waals surface area (Å²) in [5, 5.41) is 21.5. The number of rotatable bonds is 3. The van der Waals surface area contributed by atoms with E-state index in [1.165, 1.54) is 72.3 Å². The van der Waals surface area contributed by atoms with Crippen LogP contribution < -0.4 is 25.4 Å². The van der Waals surface area contributed by atoms with Gasteiger partial charge in [0.2, 0.25) is 0 Å². The monoisotopic (exact) mass is 924 g/mol. The lowest BCUT2D eigenvalue weighted by molar-refractivity contribution is 0.0947. The third-order valence-corrected chi connectivity index (χ3v) is 15.4. The second-order valence-corrected chi connectivity index (χ2v) is 18.6. The maximum atomic E-state index is 12.2. The highest BCUT2D eigenvalue weighted by Gasteiger charge is 2.33. The molecule has 3 aliphatic rings. The molecular formula is C54H69N9O5. The van der Waals surface area contributed by atoms with Gasteiger partial charge in [0.15, 0.2) is 17.1 Å². The standard InChI is InChI=1S/C19H25N3O.C18H23N3O2.C17H21N3O2/c1-10-11(2)13(4)16-14(12(10)3)8-7-9-15-17(19(23)20-5)21-22(6)18(15)16;1-9-10(2)12(4)17-14(11(9)3)16-13(7-8-23-17)15(18(22)19-5)20-21(16)6;1-8-9(2)11(4)16-13(10(8)3)15-12(7-22-16)14(17(21)18-5)19-20(15)6/h7-9H2,1-6H3,(H,20,23);7-8H2,1-6H3,(H,19,22);7H2,1-6H3,(H,18,21). The first-order valence-electron chi connectivity index (χ1n) is 23.5. The molecule has 3 N–H and O–H groups in total. The summed E-state index contributed by atoms with van der Waals surface area (Å²) in [5.41, 5.74) is 27.6. The molecule has 3 aromatic heterocycles. The van der Waals surface area contributed by atoms with E-state index in [4.69, 9.17) is 9.47 Å². The Morgan fingerprint density at radius 1 is 0.412 bits per heavy atom. The number of amides is 3. The quantitative estimate of drug-likeness (QED) is 0.160. The number of carbonyl (C=O) groups excluding carboxylic acids is 3. The van der Waals surface area contributed by atoms with Gasteiger partial charge in [-0.1, -0.05) is 0 Å². The van der Waals surface area contributed by atoms with Crippen molar-refractivity contribution in [3.63, 3.8) is 0 Å². The summed E-state index contributed by atoms with van der Waals surface area (Å²) in [6.07, 6.45) is 3.69. The first kappa shape index (κ1) is 49.2. The summed E-state index contributed by atoms with van der Waals surface area (Å²) >= 11 is 0. The zero-order valence-corrected chi connectivity index (χ0v) is 43.5. The third-order valence-electron chi connectivity index (χ3n) is 15.4. The number of aryl methyl sites for hydroxylation is 3. The molecule has 0 unspecified atom stereocenters. The van der Waals surface area contributed by atoms with E-state index in [2.05, 4.69) is 114 Å². The van der Waals surface area contributed by atoms with Gasteiger partial charge in [0, 0.05) is 82.1 Å². The summed E-state index contributed by atoms with van der Waals surface area (Å²) in [5.74, 6) is 1.42. The Bertz CT molecular complexity index is 2950. The van der Waals surface area contributed by atoms with Crippen molar-refractivity contribution >= 4 is 17.7 Å². The Hall–Kier alpha value is -6.70. The molecule has 68 heavy (non-hydrogen) atoms. The minimum atomic E-state index is -0.179. The fourth-order valence-corrected chi connectivity index (χ4v) is 10.5. The van der Waals surface area contributed by atoms with E-state index >= 15 is 0 Å². The molecule has 6 aromatic rings. The molecule has 14 nitrogen and oxygen atoms in total. The molecule has 5 heterocycles. The third kappa shape index (κ3) is 7.84. The van der Waals surface area contributed by atoms with E-state index in [1.807, 2.05) is 30.5 Å². The summed E-state index contributed by atoms with van der Waals surface area (Å²) < 4.78 is 17.6. The molecule has 3 amide bonds. The molecule has 0 saturated carbocycles. The molecule has 0 atom stereocenters. The van der Waals surface area contributed by atoms with Gasteiger partial charge in [-0.25, -0.2) is 0 Å². The Balaban J connectivity index is 0.000000151. The van der Waals surface area contributed by atoms with E-state index in [0.29, 0.717) is 36.7 Å². The van der Waals surface area contributed by atoms with Crippen LogP contribution in [0.2, 0.25) is 0 Å². The van der Waals surface area contributed by atoms with Crippen molar-refractivity contribution in [3.05, 3.63) is 106 Å². The van der Waals surface area contributed by atoms with Gasteiger partial charge in [-0.15, -0.1) is 0 Å². The van der Waals surface area contributed by atoms with Crippen molar-refractivity contribution in [1.29, 1.82) is 0 Å². The topological polar surface area (TPSA) is 159 Å². The molecule has 0 radical (unpaired) electrons. The fraction of sp³-hybridized carbons (Fsp3) is 0.444. The number of benzene rings is 3. The molecule has 0 fully saturated rings. The van der Waals surface area contributed by atoms with Crippen molar-refractivity contribution in [3.8, 4) is 45.3 Å². The van der Waals surface area contributed by atoms with Crippen LogP contribution >= 0.6 is 0 Å². The first-order valence-corrected chi connectivity index (χ1v) is 23.5. The van der Waals surface area contributed by atoms with Crippen LogP contribution in [-0.2, 0) is 47.0 Å². The number of aromatic nitrogens is 6. The lowest BCUT2D eigenvalue weighted by atomic mass is 9.86. The van der Waals surface area contributed by atoms with Gasteiger partial charge in [0.25, 0.3) is 17.7 Å². The smallest absolute Gasteiger partial charge is 0.271 e. The van der Waals surface area contributed by atoms with Gasteiger partial charge < -0.3 is 25.4 Å². The van der Waals surface area contributed by atoms with Gasteiger partial charge in [0.05, 0.1) is 23.7 Å². The lowest BCUT2D eigenvalue weighted by Gasteiger charge is -2.25. The molecule has 0 spiro atoms. The van der Waals surface area contributed by atoms with Gasteiger partial charge in [-0.05, 0) is 175 Å². The number of hydrogen-bond donors (Lipinski definition) is 3. The van der Waals surface area contributed by atoms with Gasteiger partial charge in [0.1, 0.15) is 18.1 Å². The van der Waals surface area contributed by atoms with Crippen molar-refractivity contribution in [1.82, 2.24) is 45.3 Å². The van der Waals surface area contributed by atoms with Crippen LogP contribution in [0.4, 0.5) is 0 Å². The summed E-state index contributed by atoms with van der Waals surface area (Å²) in [4.78, 5) is 36.4. The van der Waals surface area contributed by atoms with Crippen molar-refractivity contribution in [2.24, 2.45) is 21.1 Å². The molecule has 14 heteroatoms. The first-order chi connectivity index (χ1) is 32.1. The number of carbonyl (C=O) groups is 3. The van der Waals surface area contributed by atoms with Crippen molar-refractivity contribution in [2.45, 2.75) is 115 Å². The zero-order chi connectivity index (χ0) is 50.0. The Morgan fingerprint density at radius 3 is 1.21 bits per heavy atom. The average Bonchev–Trinajstić information content (AvgIpc) is 3.83. The molecule has 1 aliphatic carbocycles. The second-order valence-electron chi connectivity index (χ2n) is 18.6. The lowest BCUT2D eigenvalue weighted by Crippen LogP contribution is -2.21. The van der Waals surface area contributed by atoms with Crippen LogP contribution in [-0.4, -0.2) is 74.8 Å². The van der Waals surface area contributed by atoms with Crippen LogP contribution in [0.15, 0.2) is 0 Å². The minimum Gasteiger partial charge on any atom is -0.492 e. The predicted molar refractivity (Wildman–Crippen MR) is 269 cm³/mol. The highest BCUT2D eigenvalue weighted by Crippen LogP contribution is 2.46. The second kappa shape index (κ2) is 18.8. The van der Waals surface area contributed by atoms with E-state index < -0.39 is 0 Å². The Morgan fingerprint density at radius 2 is 0.750 bits per heavy atom. The number of nitrogens with one attached hydrogen (secondary N) is 3. The number of fused-ring (bicyclic) bond motifs is 9. The SMILES string of the molecule is CNC(=O)c1nn(C)c2c1CCCc1c(C)c(C)c(C)c(C)c1-2.CNC(=O)c1nn(C)c2c1CCOc1c(C)c(C)c(C)c(C)c1-2.CNC(=O)c1nn(C)c2c1COc1c(C)c(C)c(C)c(C)c1-2. The number of ether oxygens (including phenoxy) is 2. The van der Waals surface area contributed by atoms with Crippen LogP contribution in [0, 0.1) is 83.1 Å². The summed E-state index contributed by atoms with van der Waals surface area (Å²) in [6, 6.07) is 0. The van der Waals surface area contributed by atoms with E-state index in [1.54, 1.807) is 25.8 Å². The van der Waals surface area contributed by atoms with Crippen molar-refractivity contribution in [2.75, 3.05) is 27.7 Å². The zero-order valence-electron chi connectivity index (χ0n) is 43.5. The largest absolute Gasteiger partial charge is 0.492 e. The molecular weight excluding hydrogens is 855 g/mol. The van der Waals surface area contributed by atoms with Gasteiger partial charge in [-0.3, -0.25) is 28.4 Å². The maximum absolute atomic E-state index is 12.2. The van der Waals surface area contributed by atoms with E-state index in [-0.39, 0.29) is 17.7 Å². The Labute approximate surface area is 401 Å². The number of hydrogen-bond acceptors (Lipinski definition) is 8. The van der Waals surface area contributed by atoms with E-state index in [0.717, 1.165) is 81.2 Å². The average molecular weight is 924 g/mol. The summed E-state index contributed by atoms with van der Waals surface area (Å²) in [6.45, 7) is 26.7. The van der Waals surface area contributed by atoms with Crippen molar-refractivity contribution < 1.29 is 23.9 Å². The molecule has 3 aromatic carbocycles. The van der Waals surface area contributed by atoms with Crippen LogP contribution in [0.3, 0.4) is 0 Å². The minimum absolute atomic E-state index is 0.0940. The predicted octanol–water partition coefficient (Wildman–Crippen LogP) is 8.36. The molecule has 0 saturated heterocycles. The van der Waals surface area contributed by atoms with Gasteiger partial charge in [-0.2, -0.15) is 15.3 Å². The fourth-order valence-electron chi connectivity index (χ4n) is 10.5. The van der Waals surface area contributed by atoms with Gasteiger partial charge >= 0.3 is 0 Å². The summed E-state index contributed by atoms with van der Waals surface area (Å²) in [7, 11) is 10.6. The molecule has 2 aliphatic heterocycles. The highest BCUT2D eigenvalue weighted by atomic mass is 16.5. The maximum Gasteiger partial charge on any atom is 0.271 e. The molecule has 9 rings (SSSR count).